The van der Waals surface area contributed by atoms with E-state index in [-0.39, 0.29) is 12.1 Å². The van der Waals surface area contributed by atoms with Crippen LogP contribution in [0, 0.1) is 6.92 Å². The number of fused-ring (bicyclic) bond motifs is 1. The van der Waals surface area contributed by atoms with Gasteiger partial charge in [-0.1, -0.05) is 24.3 Å². The largest absolute Gasteiger partial charge is 0.491 e. The lowest BCUT2D eigenvalue weighted by atomic mass is 10.1. The summed E-state index contributed by atoms with van der Waals surface area (Å²) in [5.41, 5.74) is 7.96. The average molecular weight is 488 g/mol. The molecule has 0 aliphatic heterocycles. The molecule has 3 heterocycles. The van der Waals surface area contributed by atoms with Crippen molar-refractivity contribution in [2.24, 2.45) is 0 Å². The molecule has 5 aromatic rings. The van der Waals surface area contributed by atoms with E-state index >= 15 is 0 Å². The minimum atomic E-state index is 0.121. The van der Waals surface area contributed by atoms with Gasteiger partial charge in [-0.25, -0.2) is 9.97 Å². The number of aromatic nitrogens is 6. The Kier molecular flexibility index (Phi) is 6.28. The van der Waals surface area contributed by atoms with Gasteiger partial charge in [-0.15, -0.1) is 16.4 Å². The average Bonchev–Trinajstić information content (AvgIpc) is 3.41. The standard InChI is InChI=1S/C25H25N7O2S/c1-15(2)34-18-10-8-17(9-11-18)12-21-30-25(26)31-32(21)22-13-23(28-16(3)27-22)33-14-24-29-19-6-4-5-7-20(19)35-24/h4-11,13,15H,12,14H2,1-3H3,(H2,26,31). The number of benzene rings is 2. The maximum Gasteiger partial charge on any atom is 0.240 e. The molecule has 0 aliphatic carbocycles. The van der Waals surface area contributed by atoms with Crippen molar-refractivity contribution < 1.29 is 9.47 Å². The number of para-hydroxylation sites is 1. The first kappa shape index (κ1) is 22.7. The lowest BCUT2D eigenvalue weighted by Crippen LogP contribution is -2.09. The number of nitrogens with zero attached hydrogens (tertiary/aromatic N) is 6. The van der Waals surface area contributed by atoms with Crippen LogP contribution in [0.2, 0.25) is 0 Å². The molecule has 0 spiro atoms. The number of aryl methyl sites for hydroxylation is 1. The summed E-state index contributed by atoms with van der Waals surface area (Å²) in [7, 11) is 0. The van der Waals surface area contributed by atoms with Crippen LogP contribution < -0.4 is 15.2 Å². The second-order valence-corrected chi connectivity index (χ2v) is 9.38. The van der Waals surface area contributed by atoms with Crippen molar-refractivity contribution in [2.45, 2.75) is 39.9 Å². The highest BCUT2D eigenvalue weighted by Crippen LogP contribution is 2.24. The normalized spacial score (nSPS) is 11.3. The van der Waals surface area contributed by atoms with Crippen molar-refractivity contribution in [3.63, 3.8) is 0 Å². The Morgan fingerprint density at radius 1 is 1.00 bits per heavy atom. The van der Waals surface area contributed by atoms with Crippen LogP contribution in [0.4, 0.5) is 5.95 Å². The third-order valence-corrected chi connectivity index (χ3v) is 6.06. The lowest BCUT2D eigenvalue weighted by Gasteiger charge is -2.11. The monoisotopic (exact) mass is 487 g/mol. The summed E-state index contributed by atoms with van der Waals surface area (Å²) in [5.74, 6) is 3.18. The number of thiazole rings is 1. The zero-order valence-corrected chi connectivity index (χ0v) is 20.5. The molecule has 5 rings (SSSR count). The van der Waals surface area contributed by atoms with Crippen molar-refractivity contribution in [1.82, 2.24) is 29.7 Å². The van der Waals surface area contributed by atoms with Crippen LogP contribution in [0.3, 0.4) is 0 Å². The number of nitrogen functional groups attached to an aromatic ring is 1. The Bertz CT molecular complexity index is 1430. The van der Waals surface area contributed by atoms with Gasteiger partial charge in [0.25, 0.3) is 0 Å². The molecule has 0 unspecified atom stereocenters. The van der Waals surface area contributed by atoms with Crippen LogP contribution >= 0.6 is 11.3 Å². The highest BCUT2D eigenvalue weighted by Gasteiger charge is 2.15. The Labute approximate surface area is 206 Å². The fourth-order valence-electron chi connectivity index (χ4n) is 3.63. The van der Waals surface area contributed by atoms with E-state index in [1.165, 1.54) is 0 Å². The SMILES string of the molecule is Cc1nc(OCc2nc3ccccc3s2)cc(-n2nc(N)nc2Cc2ccc(OC(C)C)cc2)n1. The Hall–Kier alpha value is -4.05. The third-order valence-electron chi connectivity index (χ3n) is 5.05. The molecule has 0 aliphatic rings. The van der Waals surface area contributed by atoms with Gasteiger partial charge in [0.1, 0.15) is 29.0 Å². The molecule has 0 saturated heterocycles. The highest BCUT2D eigenvalue weighted by molar-refractivity contribution is 7.18. The number of hydrogen-bond donors (Lipinski definition) is 1. The third kappa shape index (κ3) is 5.38. The number of nitrogens with two attached hydrogens (primary N) is 1. The zero-order valence-electron chi connectivity index (χ0n) is 19.7. The van der Waals surface area contributed by atoms with E-state index in [4.69, 9.17) is 15.2 Å². The van der Waals surface area contributed by atoms with Crippen molar-refractivity contribution >= 4 is 27.5 Å². The number of anilines is 1. The van der Waals surface area contributed by atoms with Gasteiger partial charge in [0.2, 0.25) is 11.8 Å². The summed E-state index contributed by atoms with van der Waals surface area (Å²) in [6.07, 6.45) is 0.646. The summed E-state index contributed by atoms with van der Waals surface area (Å²) in [6, 6.07) is 17.6. The second kappa shape index (κ2) is 9.67. The van der Waals surface area contributed by atoms with E-state index in [0.29, 0.717) is 36.4 Å². The number of rotatable bonds is 8. The minimum Gasteiger partial charge on any atom is -0.491 e. The maximum absolute atomic E-state index is 5.96. The van der Waals surface area contributed by atoms with Gasteiger partial charge >= 0.3 is 0 Å². The maximum atomic E-state index is 5.96. The first-order chi connectivity index (χ1) is 16.9. The van der Waals surface area contributed by atoms with Crippen LogP contribution in [0.15, 0.2) is 54.6 Å². The van der Waals surface area contributed by atoms with E-state index in [9.17, 15) is 0 Å². The van der Waals surface area contributed by atoms with Gasteiger partial charge in [-0.05, 0) is 50.6 Å². The van der Waals surface area contributed by atoms with Crippen molar-refractivity contribution in [3.8, 4) is 17.4 Å². The first-order valence-corrected chi connectivity index (χ1v) is 12.0. The van der Waals surface area contributed by atoms with Gasteiger partial charge in [0.05, 0.1) is 16.3 Å². The van der Waals surface area contributed by atoms with Gasteiger partial charge in [-0.3, -0.25) is 0 Å². The fourth-order valence-corrected chi connectivity index (χ4v) is 4.51. The highest BCUT2D eigenvalue weighted by atomic mass is 32.1. The summed E-state index contributed by atoms with van der Waals surface area (Å²) in [6.45, 7) is 6.12. The van der Waals surface area contributed by atoms with Crippen molar-refractivity contribution in [1.29, 1.82) is 0 Å². The van der Waals surface area contributed by atoms with Crippen molar-refractivity contribution in [3.05, 3.63) is 76.8 Å². The fraction of sp³-hybridized carbons (Fsp3) is 0.240. The molecule has 178 valence electrons. The molecular formula is C25H25N7O2S. The number of hydrogen-bond acceptors (Lipinski definition) is 9. The molecule has 2 aromatic carbocycles. The van der Waals surface area contributed by atoms with Crippen molar-refractivity contribution in [2.75, 3.05) is 5.73 Å². The summed E-state index contributed by atoms with van der Waals surface area (Å²) in [5, 5.41) is 5.24. The van der Waals surface area contributed by atoms with Gasteiger partial charge in [0, 0.05) is 12.5 Å². The Morgan fingerprint density at radius 2 is 1.80 bits per heavy atom. The molecule has 0 fully saturated rings. The van der Waals surface area contributed by atoms with Crippen LogP contribution in [0.25, 0.3) is 16.0 Å². The quantitative estimate of drug-likeness (QED) is 0.340. The van der Waals surface area contributed by atoms with E-state index in [1.54, 1.807) is 22.1 Å². The topological polar surface area (TPSA) is 114 Å². The molecule has 0 atom stereocenters. The molecule has 3 aromatic heterocycles. The second-order valence-electron chi connectivity index (χ2n) is 8.26. The molecule has 2 N–H and O–H groups in total. The molecular weight excluding hydrogens is 462 g/mol. The molecule has 0 amide bonds. The Morgan fingerprint density at radius 3 is 2.57 bits per heavy atom. The lowest BCUT2D eigenvalue weighted by molar-refractivity contribution is 0.242. The summed E-state index contributed by atoms with van der Waals surface area (Å²) in [4.78, 5) is 18.0. The van der Waals surface area contributed by atoms with Crippen LogP contribution in [0.1, 0.15) is 36.1 Å². The van der Waals surface area contributed by atoms with Crippen LogP contribution in [-0.2, 0) is 13.0 Å². The zero-order chi connectivity index (χ0) is 24.4. The van der Waals surface area contributed by atoms with Gasteiger partial charge in [-0.2, -0.15) is 14.6 Å². The molecule has 35 heavy (non-hydrogen) atoms. The molecule has 0 bridgehead atoms. The summed E-state index contributed by atoms with van der Waals surface area (Å²) >= 11 is 1.60. The molecule has 9 nitrogen and oxygen atoms in total. The summed E-state index contributed by atoms with van der Waals surface area (Å²) < 4.78 is 14.4. The Balaban J connectivity index is 1.36. The molecule has 0 saturated carbocycles. The van der Waals surface area contributed by atoms with E-state index < -0.39 is 0 Å². The predicted octanol–water partition coefficient (Wildman–Crippen LogP) is 4.51. The molecule has 0 radical (unpaired) electrons. The predicted molar refractivity (Wildman–Crippen MR) is 135 cm³/mol. The van der Waals surface area contributed by atoms with Gasteiger partial charge < -0.3 is 15.2 Å². The van der Waals surface area contributed by atoms with Crippen LogP contribution in [-0.4, -0.2) is 35.8 Å². The first-order valence-electron chi connectivity index (χ1n) is 11.2. The number of ether oxygens (including phenoxy) is 2. The van der Waals surface area contributed by atoms with Crippen LogP contribution in [0.5, 0.6) is 11.6 Å². The molecule has 10 heteroatoms. The van der Waals surface area contributed by atoms with Gasteiger partial charge in [0.15, 0.2) is 5.82 Å². The minimum absolute atomic E-state index is 0.121. The van der Waals surface area contributed by atoms with E-state index in [1.807, 2.05) is 69.3 Å². The van der Waals surface area contributed by atoms with E-state index in [2.05, 4.69) is 25.0 Å². The smallest absolute Gasteiger partial charge is 0.240 e. The van der Waals surface area contributed by atoms with E-state index in [0.717, 1.165) is 26.5 Å².